The van der Waals surface area contributed by atoms with Crippen LogP contribution in [0.15, 0.2) is 12.8 Å². The molecule has 0 aromatic carbocycles. The van der Waals surface area contributed by atoms with Crippen LogP contribution in [-0.2, 0) is 0 Å². The molecule has 1 aromatic rings. The van der Waals surface area contributed by atoms with E-state index in [4.69, 9.17) is 0 Å². The van der Waals surface area contributed by atoms with Crippen molar-refractivity contribution in [2.75, 3.05) is 11.9 Å². The highest BCUT2D eigenvalue weighted by Crippen LogP contribution is 2.11. The summed E-state index contributed by atoms with van der Waals surface area (Å²) in [5.74, 6) is 0.348. The molecule has 0 unspecified atom stereocenters. The van der Waals surface area contributed by atoms with Gasteiger partial charge in [-0.3, -0.25) is 4.98 Å². The fraction of sp³-hybridized carbons (Fsp3) is 0.333. The minimum Gasteiger partial charge on any atom is -0.363 e. The van der Waals surface area contributed by atoms with Crippen molar-refractivity contribution in [3.05, 3.63) is 24.2 Å². The molecule has 1 N–H and O–H groups in total. The quantitative estimate of drug-likeness (QED) is 0.806. The highest BCUT2D eigenvalue weighted by molar-refractivity contribution is 5.57. The van der Waals surface area contributed by atoms with Crippen molar-refractivity contribution in [1.82, 2.24) is 9.97 Å². The van der Waals surface area contributed by atoms with E-state index < -0.39 is 13.0 Å². The second-order valence-electron chi connectivity index (χ2n) is 2.72. The summed E-state index contributed by atoms with van der Waals surface area (Å²) >= 11 is 0. The lowest BCUT2D eigenvalue weighted by Gasteiger charge is -2.07. The maximum absolute atomic E-state index is 11.9. The summed E-state index contributed by atoms with van der Waals surface area (Å²) in [5, 5.41) is 2.51. The number of halogens is 2. The predicted octanol–water partition coefficient (Wildman–Crippen LogP) is 2.11. The first-order valence-corrected chi connectivity index (χ1v) is 4.11. The summed E-state index contributed by atoms with van der Waals surface area (Å²) in [7, 11) is 0. The van der Waals surface area contributed by atoms with Crippen LogP contribution < -0.4 is 5.32 Å². The number of aromatic nitrogens is 2. The molecule has 14 heavy (non-hydrogen) atoms. The topological polar surface area (TPSA) is 37.8 Å². The predicted molar refractivity (Wildman–Crippen MR) is 51.4 cm³/mol. The van der Waals surface area contributed by atoms with Crippen molar-refractivity contribution >= 4 is 11.9 Å². The maximum Gasteiger partial charge on any atom is 0.255 e. The molecule has 1 aromatic heterocycles. The number of anilines is 1. The molecule has 76 valence electrons. The molecule has 0 aliphatic rings. The standard InChI is InChI=1S/C9H11F2N3/c1-3-7-9(13-5-8(10)11)14-6(2)4-12-7/h3-4,8H,1,5H2,2H3,(H,13,14). The third-order valence-corrected chi connectivity index (χ3v) is 1.54. The molecule has 0 aliphatic carbocycles. The summed E-state index contributed by atoms with van der Waals surface area (Å²) in [5.41, 5.74) is 1.16. The van der Waals surface area contributed by atoms with Crippen LogP contribution in [0.25, 0.3) is 6.08 Å². The number of nitrogens with one attached hydrogen (secondary N) is 1. The molecule has 5 heteroatoms. The Morgan fingerprint density at radius 3 is 2.93 bits per heavy atom. The van der Waals surface area contributed by atoms with Crippen molar-refractivity contribution < 1.29 is 8.78 Å². The van der Waals surface area contributed by atoms with Gasteiger partial charge in [-0.2, -0.15) is 0 Å². The summed E-state index contributed by atoms with van der Waals surface area (Å²) < 4.78 is 23.8. The van der Waals surface area contributed by atoms with Crippen LogP contribution in [0.5, 0.6) is 0 Å². The maximum atomic E-state index is 11.9. The average Bonchev–Trinajstić information content (AvgIpc) is 2.15. The zero-order chi connectivity index (χ0) is 10.6. The Morgan fingerprint density at radius 2 is 2.36 bits per heavy atom. The summed E-state index contributed by atoms with van der Waals surface area (Å²) in [6, 6.07) is 0. The van der Waals surface area contributed by atoms with Gasteiger partial charge in [0.2, 0.25) is 0 Å². The van der Waals surface area contributed by atoms with Crippen LogP contribution in [0.4, 0.5) is 14.6 Å². The van der Waals surface area contributed by atoms with Gasteiger partial charge in [0.1, 0.15) is 5.69 Å². The third-order valence-electron chi connectivity index (χ3n) is 1.54. The zero-order valence-electron chi connectivity index (χ0n) is 7.80. The number of alkyl halides is 2. The largest absolute Gasteiger partial charge is 0.363 e. The van der Waals surface area contributed by atoms with Crippen molar-refractivity contribution in [1.29, 1.82) is 0 Å². The molecule has 0 aliphatic heterocycles. The Labute approximate surface area is 80.9 Å². The molecule has 0 saturated heterocycles. The van der Waals surface area contributed by atoms with E-state index in [2.05, 4.69) is 21.9 Å². The van der Waals surface area contributed by atoms with Gasteiger partial charge in [-0.25, -0.2) is 13.8 Å². The molecule has 0 bridgehead atoms. The number of aryl methyl sites for hydroxylation is 1. The second kappa shape index (κ2) is 4.64. The Morgan fingerprint density at radius 1 is 1.64 bits per heavy atom. The lowest BCUT2D eigenvalue weighted by atomic mass is 10.3. The molecule has 0 spiro atoms. The van der Waals surface area contributed by atoms with Crippen LogP contribution in [0.2, 0.25) is 0 Å². The third kappa shape index (κ3) is 2.76. The van der Waals surface area contributed by atoms with Crippen molar-refractivity contribution in [2.45, 2.75) is 13.3 Å². The molecule has 0 fully saturated rings. The van der Waals surface area contributed by atoms with Gasteiger partial charge in [0.05, 0.1) is 12.2 Å². The van der Waals surface area contributed by atoms with E-state index in [1.807, 2.05) is 0 Å². The van der Waals surface area contributed by atoms with Crippen LogP contribution in [0, 0.1) is 6.92 Å². The second-order valence-corrected chi connectivity index (χ2v) is 2.72. The molecular formula is C9H11F2N3. The normalized spacial score (nSPS) is 10.3. The van der Waals surface area contributed by atoms with Crippen molar-refractivity contribution in [2.24, 2.45) is 0 Å². The van der Waals surface area contributed by atoms with E-state index >= 15 is 0 Å². The SMILES string of the molecule is C=Cc1ncc(C)nc1NCC(F)F. The molecule has 0 amide bonds. The summed E-state index contributed by atoms with van der Waals surface area (Å²) in [6.07, 6.45) is 0.625. The van der Waals surface area contributed by atoms with Crippen LogP contribution in [0.3, 0.4) is 0 Å². The molecule has 1 rings (SSSR count). The van der Waals surface area contributed by atoms with E-state index in [1.54, 1.807) is 13.1 Å². The molecule has 0 saturated carbocycles. The minimum atomic E-state index is -2.41. The number of hydrogen-bond donors (Lipinski definition) is 1. The molecule has 1 heterocycles. The number of rotatable bonds is 4. The van der Waals surface area contributed by atoms with E-state index in [-0.39, 0.29) is 0 Å². The van der Waals surface area contributed by atoms with Crippen LogP contribution in [0.1, 0.15) is 11.4 Å². The van der Waals surface area contributed by atoms with Gasteiger partial charge in [0.25, 0.3) is 6.43 Å². The Bertz CT molecular complexity index is 326. The fourth-order valence-corrected chi connectivity index (χ4v) is 0.940. The van der Waals surface area contributed by atoms with Gasteiger partial charge in [-0.05, 0) is 13.0 Å². The molecule has 0 atom stereocenters. The number of nitrogens with zero attached hydrogens (tertiary/aromatic N) is 2. The average molecular weight is 199 g/mol. The minimum absolute atomic E-state index is 0.348. The Kier molecular flexibility index (Phi) is 3.50. The first-order chi connectivity index (χ1) is 6.63. The van der Waals surface area contributed by atoms with Gasteiger partial charge in [-0.1, -0.05) is 6.58 Å². The van der Waals surface area contributed by atoms with Gasteiger partial charge in [0, 0.05) is 6.20 Å². The van der Waals surface area contributed by atoms with E-state index in [0.29, 0.717) is 17.2 Å². The highest BCUT2D eigenvalue weighted by atomic mass is 19.3. The van der Waals surface area contributed by atoms with E-state index in [0.717, 1.165) is 0 Å². The lowest BCUT2D eigenvalue weighted by Crippen LogP contribution is -2.13. The lowest BCUT2D eigenvalue weighted by molar-refractivity contribution is 0.163. The Balaban J connectivity index is 2.82. The first kappa shape index (κ1) is 10.6. The summed E-state index contributed by atoms with van der Waals surface area (Å²) in [4.78, 5) is 8.02. The van der Waals surface area contributed by atoms with E-state index in [1.165, 1.54) is 6.08 Å². The van der Waals surface area contributed by atoms with Gasteiger partial charge < -0.3 is 5.32 Å². The molecular weight excluding hydrogens is 188 g/mol. The number of hydrogen-bond acceptors (Lipinski definition) is 3. The fourth-order valence-electron chi connectivity index (χ4n) is 0.940. The van der Waals surface area contributed by atoms with Gasteiger partial charge in [-0.15, -0.1) is 0 Å². The monoisotopic (exact) mass is 199 g/mol. The zero-order valence-corrected chi connectivity index (χ0v) is 7.80. The van der Waals surface area contributed by atoms with Gasteiger partial charge in [0.15, 0.2) is 5.82 Å². The van der Waals surface area contributed by atoms with Crippen LogP contribution in [-0.4, -0.2) is 22.9 Å². The smallest absolute Gasteiger partial charge is 0.255 e. The Hall–Kier alpha value is -1.52. The van der Waals surface area contributed by atoms with Gasteiger partial charge >= 0.3 is 0 Å². The van der Waals surface area contributed by atoms with Crippen LogP contribution >= 0.6 is 0 Å². The summed E-state index contributed by atoms with van der Waals surface area (Å²) in [6.45, 7) is 4.83. The van der Waals surface area contributed by atoms with Crippen molar-refractivity contribution in [3.63, 3.8) is 0 Å². The molecule has 3 nitrogen and oxygen atoms in total. The molecule has 0 radical (unpaired) electrons. The highest BCUT2D eigenvalue weighted by Gasteiger charge is 2.06. The van der Waals surface area contributed by atoms with E-state index in [9.17, 15) is 8.78 Å². The van der Waals surface area contributed by atoms with Crippen molar-refractivity contribution in [3.8, 4) is 0 Å². The first-order valence-electron chi connectivity index (χ1n) is 4.11.